The molecule has 0 aliphatic heterocycles. The molecule has 0 heterocycles. The Bertz CT molecular complexity index is 1190. The largest absolute Gasteiger partial charge is 0.465 e. The van der Waals surface area contributed by atoms with Crippen LogP contribution in [0.1, 0.15) is 169 Å². The van der Waals surface area contributed by atoms with E-state index in [1.807, 2.05) is 0 Å². The van der Waals surface area contributed by atoms with Crippen molar-refractivity contribution in [3.05, 3.63) is 71.3 Å². The molecule has 7 nitrogen and oxygen atoms in total. The smallest absolute Gasteiger partial charge is 0.343 e. The number of carbonyl (C=O) groups is 4. The maximum atomic E-state index is 13.1. The Hall–Kier alpha value is -3.74. The average molecular weight is 691 g/mol. The minimum atomic E-state index is -1.16. The van der Waals surface area contributed by atoms with Gasteiger partial charge in [-0.05, 0) is 42.7 Å². The summed E-state index contributed by atoms with van der Waals surface area (Å²) in [6.07, 6.45) is 27.6. The Morgan fingerprint density at radius 1 is 0.540 bits per heavy atom. The predicted molar refractivity (Wildman–Crippen MR) is 201 cm³/mol. The number of unbranched alkanes of at least 4 members (excludes halogenated alkanes) is 18. The molecule has 0 aliphatic rings. The lowest BCUT2D eigenvalue weighted by Gasteiger charge is -2.13. The SMILES string of the molecule is CCCCCCCCCCCCOC(=O)C(C=Cc1ccc(OC(=O)c2ccc(C=O)cc2)cc1)C(=O)OCCCCCCCCCCCC. The molecule has 0 bridgehead atoms. The van der Waals surface area contributed by atoms with Crippen LogP contribution in [0.15, 0.2) is 54.6 Å². The summed E-state index contributed by atoms with van der Waals surface area (Å²) in [6, 6.07) is 12.9. The summed E-state index contributed by atoms with van der Waals surface area (Å²) < 4.78 is 16.5. The maximum Gasteiger partial charge on any atom is 0.343 e. The molecule has 0 unspecified atom stereocenters. The topological polar surface area (TPSA) is 96.0 Å². The molecule has 0 saturated heterocycles. The first-order chi connectivity index (χ1) is 24.5. The first kappa shape index (κ1) is 42.4. The molecule has 2 rings (SSSR count). The minimum Gasteiger partial charge on any atom is -0.465 e. The van der Waals surface area contributed by atoms with Gasteiger partial charge in [0.2, 0.25) is 0 Å². The summed E-state index contributed by atoms with van der Waals surface area (Å²) in [6.45, 7) is 5.03. The van der Waals surface area contributed by atoms with Gasteiger partial charge in [0, 0.05) is 5.56 Å². The molecule has 0 amide bonds. The van der Waals surface area contributed by atoms with Gasteiger partial charge < -0.3 is 14.2 Å². The normalized spacial score (nSPS) is 11.2. The van der Waals surface area contributed by atoms with Crippen LogP contribution in [0.2, 0.25) is 0 Å². The molecule has 50 heavy (non-hydrogen) atoms. The molecule has 0 aromatic heterocycles. The van der Waals surface area contributed by atoms with Crippen molar-refractivity contribution in [1.82, 2.24) is 0 Å². The lowest BCUT2D eigenvalue weighted by Crippen LogP contribution is -2.27. The van der Waals surface area contributed by atoms with Gasteiger partial charge >= 0.3 is 17.9 Å². The summed E-state index contributed by atoms with van der Waals surface area (Å²) in [5.41, 5.74) is 1.52. The summed E-state index contributed by atoms with van der Waals surface area (Å²) in [5.74, 6) is -2.56. The third-order valence-corrected chi connectivity index (χ3v) is 8.85. The molecule has 0 fully saturated rings. The molecular weight excluding hydrogens is 628 g/mol. The van der Waals surface area contributed by atoms with Gasteiger partial charge in [0.05, 0.1) is 18.8 Å². The molecule has 2 aromatic carbocycles. The molecule has 2 aromatic rings. The highest BCUT2D eigenvalue weighted by Crippen LogP contribution is 2.18. The molecule has 276 valence electrons. The predicted octanol–water partition coefficient (Wildman–Crippen LogP) is 11.3. The third kappa shape index (κ3) is 19.4. The summed E-state index contributed by atoms with van der Waals surface area (Å²) in [4.78, 5) is 49.5. The highest BCUT2D eigenvalue weighted by molar-refractivity contribution is 5.97. The number of aldehydes is 1. The van der Waals surface area contributed by atoms with Crippen molar-refractivity contribution in [2.45, 2.75) is 142 Å². The first-order valence-corrected chi connectivity index (χ1v) is 19.4. The highest BCUT2D eigenvalue weighted by Gasteiger charge is 2.27. The fourth-order valence-electron chi connectivity index (χ4n) is 5.68. The fraction of sp³-hybridized carbons (Fsp3) is 0.581. The molecule has 0 spiro atoms. The van der Waals surface area contributed by atoms with Gasteiger partial charge in [-0.15, -0.1) is 0 Å². The van der Waals surface area contributed by atoms with Crippen LogP contribution in [0, 0.1) is 5.92 Å². The van der Waals surface area contributed by atoms with Crippen LogP contribution < -0.4 is 4.74 Å². The Balaban J connectivity index is 1.85. The maximum absolute atomic E-state index is 13.1. The minimum absolute atomic E-state index is 0.281. The second kappa shape index (κ2) is 28.0. The van der Waals surface area contributed by atoms with E-state index in [0.29, 0.717) is 23.2 Å². The number of esters is 3. The Morgan fingerprint density at radius 2 is 0.940 bits per heavy atom. The van der Waals surface area contributed by atoms with Crippen molar-refractivity contribution in [2.75, 3.05) is 13.2 Å². The van der Waals surface area contributed by atoms with Gasteiger partial charge in [0.25, 0.3) is 0 Å². The Kier molecular flexibility index (Phi) is 23.8. The molecule has 0 atom stereocenters. The number of ether oxygens (including phenoxy) is 3. The Morgan fingerprint density at radius 3 is 1.36 bits per heavy atom. The fourth-order valence-corrected chi connectivity index (χ4v) is 5.68. The van der Waals surface area contributed by atoms with E-state index in [4.69, 9.17) is 14.2 Å². The van der Waals surface area contributed by atoms with Crippen LogP contribution in [-0.2, 0) is 19.1 Å². The number of rotatable bonds is 29. The number of carbonyl (C=O) groups excluding carboxylic acids is 4. The van der Waals surface area contributed by atoms with E-state index in [0.717, 1.165) is 44.1 Å². The van der Waals surface area contributed by atoms with E-state index in [1.54, 1.807) is 42.5 Å². The van der Waals surface area contributed by atoms with E-state index in [-0.39, 0.29) is 13.2 Å². The highest BCUT2D eigenvalue weighted by atomic mass is 16.6. The van der Waals surface area contributed by atoms with Gasteiger partial charge in [0.1, 0.15) is 12.0 Å². The monoisotopic (exact) mass is 690 g/mol. The van der Waals surface area contributed by atoms with E-state index in [9.17, 15) is 19.2 Å². The Labute approximate surface area is 301 Å². The number of hydrogen-bond acceptors (Lipinski definition) is 7. The van der Waals surface area contributed by atoms with E-state index in [2.05, 4.69) is 13.8 Å². The quantitative estimate of drug-likeness (QED) is 0.0275. The van der Waals surface area contributed by atoms with Crippen molar-refractivity contribution in [3.8, 4) is 5.75 Å². The number of hydrogen-bond donors (Lipinski definition) is 0. The van der Waals surface area contributed by atoms with Crippen LogP contribution in [0.5, 0.6) is 5.75 Å². The lowest BCUT2D eigenvalue weighted by molar-refractivity contribution is -0.159. The summed E-state index contributed by atoms with van der Waals surface area (Å²) in [7, 11) is 0. The van der Waals surface area contributed by atoms with Gasteiger partial charge in [-0.3, -0.25) is 14.4 Å². The zero-order valence-electron chi connectivity index (χ0n) is 30.8. The van der Waals surface area contributed by atoms with Gasteiger partial charge in [-0.25, -0.2) is 4.79 Å². The van der Waals surface area contributed by atoms with Crippen molar-refractivity contribution >= 4 is 30.3 Å². The van der Waals surface area contributed by atoms with Crippen molar-refractivity contribution in [1.29, 1.82) is 0 Å². The standard InChI is InChI=1S/C43H62O7/c1-3-5-7-9-11-13-15-17-19-21-33-48-42(46)40(43(47)49-34-22-20-18-16-14-12-10-8-6-4-2)32-27-36-25-30-39(31-26-36)50-41(45)38-28-23-37(35-44)24-29-38/h23-32,35,40H,3-22,33-34H2,1-2H3. The summed E-state index contributed by atoms with van der Waals surface area (Å²) >= 11 is 0. The van der Waals surface area contributed by atoms with Crippen LogP contribution in [-0.4, -0.2) is 37.4 Å². The number of benzene rings is 2. The van der Waals surface area contributed by atoms with Crippen LogP contribution in [0.25, 0.3) is 6.08 Å². The first-order valence-electron chi connectivity index (χ1n) is 19.4. The third-order valence-electron chi connectivity index (χ3n) is 8.85. The van der Waals surface area contributed by atoms with Gasteiger partial charge in [0.15, 0.2) is 5.92 Å². The van der Waals surface area contributed by atoms with Crippen molar-refractivity contribution in [3.63, 3.8) is 0 Å². The van der Waals surface area contributed by atoms with Gasteiger partial charge in [-0.1, -0.05) is 166 Å². The van der Waals surface area contributed by atoms with E-state index in [1.165, 1.54) is 108 Å². The average Bonchev–Trinajstić information content (AvgIpc) is 3.13. The zero-order valence-corrected chi connectivity index (χ0v) is 30.8. The molecule has 0 radical (unpaired) electrons. The second-order valence-electron chi connectivity index (χ2n) is 13.2. The van der Waals surface area contributed by atoms with Gasteiger partial charge in [-0.2, -0.15) is 0 Å². The lowest BCUT2D eigenvalue weighted by atomic mass is 10.1. The van der Waals surface area contributed by atoms with E-state index < -0.39 is 23.8 Å². The molecule has 0 N–H and O–H groups in total. The van der Waals surface area contributed by atoms with Crippen molar-refractivity contribution < 1.29 is 33.4 Å². The molecular formula is C43H62O7. The molecule has 7 heteroatoms. The second-order valence-corrected chi connectivity index (χ2v) is 13.2. The van der Waals surface area contributed by atoms with Crippen molar-refractivity contribution in [2.24, 2.45) is 5.92 Å². The van der Waals surface area contributed by atoms with Crippen LogP contribution >= 0.6 is 0 Å². The van der Waals surface area contributed by atoms with Crippen LogP contribution in [0.4, 0.5) is 0 Å². The molecule has 0 aliphatic carbocycles. The van der Waals surface area contributed by atoms with E-state index >= 15 is 0 Å². The van der Waals surface area contributed by atoms with Crippen LogP contribution in [0.3, 0.4) is 0 Å². The zero-order chi connectivity index (χ0) is 36.1. The summed E-state index contributed by atoms with van der Waals surface area (Å²) in [5, 5.41) is 0. The molecule has 0 saturated carbocycles.